The summed E-state index contributed by atoms with van der Waals surface area (Å²) in [5.41, 5.74) is 2.24. The summed E-state index contributed by atoms with van der Waals surface area (Å²) >= 11 is 7.37. The zero-order chi connectivity index (χ0) is 29.2. The Labute approximate surface area is 247 Å². The van der Waals surface area contributed by atoms with Crippen LogP contribution in [0.25, 0.3) is 6.08 Å². The number of anilines is 1. The maximum Gasteiger partial charge on any atom is 0.272 e. The van der Waals surface area contributed by atoms with Crippen LogP contribution in [0.1, 0.15) is 26.3 Å². The summed E-state index contributed by atoms with van der Waals surface area (Å²) in [5, 5.41) is 6.09. The smallest absolute Gasteiger partial charge is 0.272 e. The number of Topliss-reactive ketones (excluding diaryl/α,β-unsaturated/α-hetero) is 1. The van der Waals surface area contributed by atoms with Gasteiger partial charge in [-0.15, -0.1) is 11.8 Å². The summed E-state index contributed by atoms with van der Waals surface area (Å²) in [7, 11) is 3.06. The molecule has 0 aliphatic heterocycles. The predicted molar refractivity (Wildman–Crippen MR) is 163 cm³/mol. The van der Waals surface area contributed by atoms with Crippen LogP contribution in [0.4, 0.5) is 5.69 Å². The summed E-state index contributed by atoms with van der Waals surface area (Å²) in [6.45, 7) is 0. The van der Waals surface area contributed by atoms with E-state index in [1.807, 2.05) is 18.2 Å². The molecular formula is C32H27ClN2O5S. The SMILES string of the molecule is COc1ccc(C(=O)CSc2ccc(NC(=O)/C(=C/c3ccc(Cl)cc3)NC(=O)c3ccccc3)cc2)cc1OC. The number of rotatable bonds is 11. The molecule has 0 spiro atoms. The molecule has 0 aliphatic carbocycles. The number of hydrogen-bond donors (Lipinski definition) is 2. The predicted octanol–water partition coefficient (Wildman–Crippen LogP) is 6.74. The van der Waals surface area contributed by atoms with Gasteiger partial charge in [0.2, 0.25) is 0 Å². The van der Waals surface area contributed by atoms with E-state index in [9.17, 15) is 14.4 Å². The van der Waals surface area contributed by atoms with Crippen molar-refractivity contribution in [2.24, 2.45) is 0 Å². The van der Waals surface area contributed by atoms with Gasteiger partial charge >= 0.3 is 0 Å². The number of carbonyl (C=O) groups excluding carboxylic acids is 3. The van der Waals surface area contributed by atoms with Gasteiger partial charge in [-0.1, -0.05) is 41.9 Å². The van der Waals surface area contributed by atoms with Crippen molar-refractivity contribution in [2.45, 2.75) is 4.90 Å². The van der Waals surface area contributed by atoms with E-state index in [4.69, 9.17) is 21.1 Å². The second-order valence-electron chi connectivity index (χ2n) is 8.69. The lowest BCUT2D eigenvalue weighted by Crippen LogP contribution is -2.30. The largest absolute Gasteiger partial charge is 0.493 e. The van der Waals surface area contributed by atoms with Crippen LogP contribution in [0.15, 0.2) is 108 Å². The van der Waals surface area contributed by atoms with E-state index in [0.717, 1.165) is 4.90 Å². The van der Waals surface area contributed by atoms with Crippen LogP contribution in [0.2, 0.25) is 5.02 Å². The molecule has 2 N–H and O–H groups in total. The Hall–Kier alpha value is -4.53. The summed E-state index contributed by atoms with van der Waals surface area (Å²) in [4.78, 5) is 39.6. The molecule has 0 fully saturated rings. The molecule has 0 bridgehead atoms. The van der Waals surface area contributed by atoms with E-state index in [2.05, 4.69) is 10.6 Å². The third kappa shape index (κ3) is 8.23. The molecular weight excluding hydrogens is 560 g/mol. The highest BCUT2D eigenvalue weighted by atomic mass is 35.5. The van der Waals surface area contributed by atoms with Gasteiger partial charge in [0.25, 0.3) is 11.8 Å². The fourth-order valence-corrected chi connectivity index (χ4v) is 4.66. The van der Waals surface area contributed by atoms with Gasteiger partial charge in [-0.25, -0.2) is 0 Å². The molecule has 41 heavy (non-hydrogen) atoms. The molecule has 0 aliphatic rings. The number of halogens is 1. The molecule has 0 radical (unpaired) electrons. The summed E-state index contributed by atoms with van der Waals surface area (Å²) in [6.07, 6.45) is 1.58. The first-order valence-corrected chi connectivity index (χ1v) is 13.9. The number of ether oxygens (including phenoxy) is 2. The lowest BCUT2D eigenvalue weighted by atomic mass is 10.1. The fraction of sp³-hybridized carbons (Fsp3) is 0.0938. The molecule has 2 amide bonds. The fourth-order valence-electron chi connectivity index (χ4n) is 3.74. The van der Waals surface area contributed by atoms with Gasteiger partial charge in [-0.05, 0) is 78.4 Å². The van der Waals surface area contributed by atoms with Gasteiger partial charge in [0, 0.05) is 26.7 Å². The highest BCUT2D eigenvalue weighted by molar-refractivity contribution is 8.00. The van der Waals surface area contributed by atoms with Crippen LogP contribution >= 0.6 is 23.4 Å². The average Bonchev–Trinajstić information content (AvgIpc) is 3.01. The minimum atomic E-state index is -0.492. The zero-order valence-corrected chi connectivity index (χ0v) is 23.9. The normalized spacial score (nSPS) is 11.0. The first-order valence-electron chi connectivity index (χ1n) is 12.5. The van der Waals surface area contributed by atoms with Crippen LogP contribution in [0.5, 0.6) is 11.5 Å². The number of thioether (sulfide) groups is 1. The molecule has 9 heteroatoms. The first-order chi connectivity index (χ1) is 19.9. The lowest BCUT2D eigenvalue weighted by Gasteiger charge is -2.12. The Morgan fingerprint density at radius 2 is 1.49 bits per heavy atom. The standard InChI is InChI=1S/C32H27ClN2O5S/c1-39-29-17-10-23(19-30(29)40-2)28(36)20-41-26-15-13-25(14-16-26)34-32(38)27(18-21-8-11-24(33)12-9-21)35-31(37)22-6-4-3-5-7-22/h3-19H,20H2,1-2H3,(H,34,38)(H,35,37)/b27-18-. The van der Waals surface area contributed by atoms with Crippen LogP contribution in [-0.4, -0.2) is 37.6 Å². The lowest BCUT2D eigenvalue weighted by molar-refractivity contribution is -0.113. The minimum Gasteiger partial charge on any atom is -0.493 e. The summed E-state index contributed by atoms with van der Waals surface area (Å²) in [6, 6.07) is 27.7. The second kappa shape index (κ2) is 14.2. The van der Waals surface area contributed by atoms with Crippen molar-refractivity contribution in [2.75, 3.05) is 25.3 Å². The number of carbonyl (C=O) groups is 3. The van der Waals surface area contributed by atoms with Gasteiger partial charge in [-0.2, -0.15) is 0 Å². The van der Waals surface area contributed by atoms with Gasteiger partial charge in [0.05, 0.1) is 20.0 Å². The third-order valence-electron chi connectivity index (χ3n) is 5.90. The number of nitrogens with one attached hydrogen (secondary N) is 2. The van der Waals surface area contributed by atoms with Crippen molar-refractivity contribution >= 4 is 52.7 Å². The summed E-state index contributed by atoms with van der Waals surface area (Å²) in [5.74, 6) is 0.313. The zero-order valence-electron chi connectivity index (χ0n) is 22.3. The molecule has 208 valence electrons. The van der Waals surface area contributed by atoms with Crippen molar-refractivity contribution in [3.05, 3.63) is 124 Å². The van der Waals surface area contributed by atoms with Gasteiger partial charge in [0.1, 0.15) is 5.70 Å². The minimum absolute atomic E-state index is 0.0560. The number of ketones is 1. The van der Waals surface area contributed by atoms with Crippen LogP contribution < -0.4 is 20.1 Å². The Morgan fingerprint density at radius 3 is 2.15 bits per heavy atom. The van der Waals surface area contributed by atoms with Crippen LogP contribution in [0, 0.1) is 0 Å². The number of methoxy groups -OCH3 is 2. The molecule has 4 aromatic rings. The number of amides is 2. The third-order valence-corrected chi connectivity index (χ3v) is 7.16. The molecule has 4 aromatic carbocycles. The van der Waals surface area contributed by atoms with Crippen molar-refractivity contribution < 1.29 is 23.9 Å². The maximum atomic E-state index is 13.2. The van der Waals surface area contributed by atoms with Crippen molar-refractivity contribution in [3.63, 3.8) is 0 Å². The molecule has 0 atom stereocenters. The van der Waals surface area contributed by atoms with E-state index >= 15 is 0 Å². The summed E-state index contributed by atoms with van der Waals surface area (Å²) < 4.78 is 10.5. The Morgan fingerprint density at radius 1 is 0.805 bits per heavy atom. The molecule has 0 saturated carbocycles. The average molecular weight is 587 g/mol. The highest BCUT2D eigenvalue weighted by Gasteiger charge is 2.16. The van der Waals surface area contributed by atoms with E-state index in [-0.39, 0.29) is 17.2 Å². The molecule has 7 nitrogen and oxygen atoms in total. The molecule has 0 heterocycles. The van der Waals surface area contributed by atoms with E-state index < -0.39 is 11.8 Å². The van der Waals surface area contributed by atoms with E-state index in [0.29, 0.717) is 38.9 Å². The number of hydrogen-bond acceptors (Lipinski definition) is 6. The molecule has 0 saturated heterocycles. The molecule has 4 rings (SSSR count). The van der Waals surface area contributed by atoms with Gasteiger partial charge < -0.3 is 20.1 Å². The monoisotopic (exact) mass is 586 g/mol. The number of benzene rings is 4. The first kappa shape index (κ1) is 29.5. The highest BCUT2D eigenvalue weighted by Crippen LogP contribution is 2.29. The quantitative estimate of drug-likeness (QED) is 0.115. The second-order valence-corrected chi connectivity index (χ2v) is 10.2. The molecule has 0 unspecified atom stereocenters. The Kier molecular flexibility index (Phi) is 10.2. The van der Waals surface area contributed by atoms with E-state index in [1.54, 1.807) is 92.0 Å². The van der Waals surface area contributed by atoms with Crippen molar-refractivity contribution in [3.8, 4) is 11.5 Å². The maximum absolute atomic E-state index is 13.2. The van der Waals surface area contributed by atoms with Gasteiger partial charge in [0.15, 0.2) is 17.3 Å². The van der Waals surface area contributed by atoms with Gasteiger partial charge in [-0.3, -0.25) is 14.4 Å². The van der Waals surface area contributed by atoms with Crippen LogP contribution in [-0.2, 0) is 4.79 Å². The van der Waals surface area contributed by atoms with Crippen molar-refractivity contribution in [1.29, 1.82) is 0 Å². The Balaban J connectivity index is 1.42. The van der Waals surface area contributed by atoms with E-state index in [1.165, 1.54) is 18.9 Å². The van der Waals surface area contributed by atoms with Crippen molar-refractivity contribution in [1.82, 2.24) is 5.32 Å². The molecule has 0 aromatic heterocycles. The Bertz CT molecular complexity index is 1560. The van der Waals surface area contributed by atoms with Crippen LogP contribution in [0.3, 0.4) is 0 Å². The topological polar surface area (TPSA) is 93.7 Å².